The summed E-state index contributed by atoms with van der Waals surface area (Å²) in [5.41, 5.74) is 0.978. The minimum Gasteiger partial charge on any atom is -0.486 e. The number of nitrogens with zero attached hydrogens (tertiary/aromatic N) is 3. The lowest BCUT2D eigenvalue weighted by atomic mass is 10.2. The van der Waals surface area contributed by atoms with Crippen molar-refractivity contribution in [1.29, 1.82) is 0 Å². The van der Waals surface area contributed by atoms with E-state index in [1.54, 1.807) is 41.8 Å². The Morgan fingerprint density at radius 1 is 1.15 bits per heavy atom. The quantitative estimate of drug-likeness (QED) is 0.256. The zero-order chi connectivity index (χ0) is 23.6. The number of thioether (sulfide) groups is 1. The normalized spacial score (nSPS) is 10.5. The largest absolute Gasteiger partial charge is 0.486 e. The number of ether oxygens (including phenoxy) is 2. The summed E-state index contributed by atoms with van der Waals surface area (Å²) >= 11 is 1.22. The van der Waals surface area contributed by atoms with Crippen LogP contribution in [-0.2, 0) is 22.7 Å². The van der Waals surface area contributed by atoms with Crippen molar-refractivity contribution in [1.82, 2.24) is 14.8 Å². The number of amides is 1. The van der Waals surface area contributed by atoms with Gasteiger partial charge in [0, 0.05) is 12.2 Å². The second-order valence-electron chi connectivity index (χ2n) is 6.68. The van der Waals surface area contributed by atoms with Gasteiger partial charge < -0.3 is 14.8 Å². The average Bonchev–Trinajstić information content (AvgIpc) is 3.19. The summed E-state index contributed by atoms with van der Waals surface area (Å²) in [7, 11) is 0. The first-order valence-electron chi connectivity index (χ1n) is 10.1. The van der Waals surface area contributed by atoms with E-state index in [-0.39, 0.29) is 24.1 Å². The third-order valence-corrected chi connectivity index (χ3v) is 5.27. The van der Waals surface area contributed by atoms with Gasteiger partial charge in [0.1, 0.15) is 18.2 Å². The number of carbonyl (C=O) groups is 2. The second-order valence-corrected chi connectivity index (χ2v) is 7.62. The molecule has 0 bridgehead atoms. The Labute approximate surface area is 194 Å². The van der Waals surface area contributed by atoms with E-state index in [0.29, 0.717) is 41.1 Å². The SMILES string of the molecule is C=CCn1c(COc2ccc(F)cc2)nnc1SCC(=O)Nc1ccc(C(=O)OCC)cc1. The van der Waals surface area contributed by atoms with Crippen molar-refractivity contribution >= 4 is 29.3 Å². The number of allylic oxidation sites excluding steroid dienone is 1. The number of carbonyl (C=O) groups excluding carboxylic acids is 2. The Bertz CT molecular complexity index is 1100. The van der Waals surface area contributed by atoms with Crippen molar-refractivity contribution in [3.8, 4) is 5.75 Å². The van der Waals surface area contributed by atoms with Crippen LogP contribution in [0.15, 0.2) is 66.3 Å². The first kappa shape index (κ1) is 24.0. The summed E-state index contributed by atoms with van der Waals surface area (Å²) in [4.78, 5) is 24.1. The highest BCUT2D eigenvalue weighted by Crippen LogP contribution is 2.20. The highest BCUT2D eigenvalue weighted by atomic mass is 32.2. The molecular weight excluding hydrogens is 447 g/mol. The molecule has 10 heteroatoms. The Morgan fingerprint density at radius 2 is 1.88 bits per heavy atom. The van der Waals surface area contributed by atoms with Crippen LogP contribution in [0.5, 0.6) is 5.75 Å². The number of hydrogen-bond acceptors (Lipinski definition) is 7. The van der Waals surface area contributed by atoms with Gasteiger partial charge >= 0.3 is 5.97 Å². The third kappa shape index (κ3) is 6.91. The molecule has 3 rings (SSSR count). The summed E-state index contributed by atoms with van der Waals surface area (Å²) in [6.07, 6.45) is 1.69. The molecule has 0 spiro atoms. The van der Waals surface area contributed by atoms with E-state index >= 15 is 0 Å². The minimum atomic E-state index is -0.410. The molecule has 0 aliphatic heterocycles. The van der Waals surface area contributed by atoms with Crippen LogP contribution in [0.2, 0.25) is 0 Å². The molecule has 0 aliphatic carbocycles. The van der Waals surface area contributed by atoms with Crippen LogP contribution >= 0.6 is 11.8 Å². The number of halogens is 1. The smallest absolute Gasteiger partial charge is 0.338 e. The molecule has 0 atom stereocenters. The van der Waals surface area contributed by atoms with E-state index in [2.05, 4.69) is 22.1 Å². The number of rotatable bonds is 11. The maximum absolute atomic E-state index is 13.0. The lowest BCUT2D eigenvalue weighted by Gasteiger charge is -2.09. The van der Waals surface area contributed by atoms with Crippen LogP contribution in [0.25, 0.3) is 0 Å². The number of nitrogens with one attached hydrogen (secondary N) is 1. The third-order valence-electron chi connectivity index (χ3n) is 4.30. The molecule has 0 saturated heterocycles. The van der Waals surface area contributed by atoms with E-state index in [0.717, 1.165) is 0 Å². The van der Waals surface area contributed by atoms with Gasteiger partial charge in [0.05, 0.1) is 17.9 Å². The molecule has 0 unspecified atom stereocenters. The van der Waals surface area contributed by atoms with Crippen LogP contribution in [0.3, 0.4) is 0 Å². The molecule has 1 aromatic heterocycles. The van der Waals surface area contributed by atoms with Gasteiger partial charge in [0.25, 0.3) is 0 Å². The van der Waals surface area contributed by atoms with Crippen molar-refractivity contribution in [2.75, 3.05) is 17.7 Å². The topological polar surface area (TPSA) is 95.3 Å². The van der Waals surface area contributed by atoms with Gasteiger partial charge in [-0.2, -0.15) is 0 Å². The van der Waals surface area contributed by atoms with Crippen LogP contribution in [0.1, 0.15) is 23.1 Å². The Balaban J connectivity index is 1.56. The Hall–Kier alpha value is -3.66. The average molecular weight is 471 g/mol. The van der Waals surface area contributed by atoms with Gasteiger partial charge in [-0.3, -0.25) is 9.36 Å². The molecule has 8 nitrogen and oxygen atoms in total. The number of hydrogen-bond donors (Lipinski definition) is 1. The van der Waals surface area contributed by atoms with Crippen molar-refractivity contribution in [3.05, 3.63) is 78.4 Å². The van der Waals surface area contributed by atoms with Gasteiger partial charge in [-0.1, -0.05) is 17.8 Å². The van der Waals surface area contributed by atoms with Crippen LogP contribution in [0.4, 0.5) is 10.1 Å². The van der Waals surface area contributed by atoms with Crippen molar-refractivity contribution in [3.63, 3.8) is 0 Å². The standard InChI is InChI=1S/C23H23FN4O4S/c1-3-13-28-20(14-32-19-11-7-17(24)8-12-19)26-27-23(28)33-15-21(29)25-18-9-5-16(6-10-18)22(30)31-4-2/h3,5-12H,1,4,13-15H2,2H3,(H,25,29). The second kappa shape index (κ2) is 11.8. The maximum Gasteiger partial charge on any atom is 0.338 e. The fourth-order valence-electron chi connectivity index (χ4n) is 2.75. The lowest BCUT2D eigenvalue weighted by molar-refractivity contribution is -0.113. The van der Waals surface area contributed by atoms with E-state index in [4.69, 9.17) is 9.47 Å². The van der Waals surface area contributed by atoms with Crippen molar-refractivity contribution < 1.29 is 23.5 Å². The molecule has 1 heterocycles. The van der Waals surface area contributed by atoms with Gasteiger partial charge in [-0.05, 0) is 55.5 Å². The van der Waals surface area contributed by atoms with Crippen molar-refractivity contribution in [2.24, 2.45) is 0 Å². The number of aromatic nitrogens is 3. The van der Waals surface area contributed by atoms with Gasteiger partial charge in [0.2, 0.25) is 5.91 Å². The predicted molar refractivity (Wildman–Crippen MR) is 123 cm³/mol. The molecule has 0 fully saturated rings. The zero-order valence-electron chi connectivity index (χ0n) is 18.0. The number of anilines is 1. The molecule has 0 aliphatic rings. The molecule has 1 amide bonds. The summed E-state index contributed by atoms with van der Waals surface area (Å²) < 4.78 is 25.4. The Kier molecular flexibility index (Phi) is 8.59. The monoisotopic (exact) mass is 470 g/mol. The lowest BCUT2D eigenvalue weighted by Crippen LogP contribution is -2.15. The summed E-state index contributed by atoms with van der Waals surface area (Å²) in [5.74, 6) is 0.175. The molecule has 33 heavy (non-hydrogen) atoms. The van der Waals surface area contributed by atoms with Crippen LogP contribution in [-0.4, -0.2) is 39.0 Å². The first-order chi connectivity index (χ1) is 16.0. The summed E-state index contributed by atoms with van der Waals surface area (Å²) in [5, 5.41) is 11.6. The van der Waals surface area contributed by atoms with Gasteiger partial charge in [-0.25, -0.2) is 9.18 Å². The van der Waals surface area contributed by atoms with E-state index < -0.39 is 5.97 Å². The highest BCUT2D eigenvalue weighted by Gasteiger charge is 2.15. The fourth-order valence-corrected chi connectivity index (χ4v) is 3.52. The minimum absolute atomic E-state index is 0.105. The first-order valence-corrected chi connectivity index (χ1v) is 11.1. The predicted octanol–water partition coefficient (Wildman–Crippen LogP) is 4.09. The molecular formula is C23H23FN4O4S. The molecule has 172 valence electrons. The highest BCUT2D eigenvalue weighted by molar-refractivity contribution is 7.99. The number of esters is 1. The van der Waals surface area contributed by atoms with Crippen molar-refractivity contribution in [2.45, 2.75) is 25.2 Å². The summed E-state index contributed by atoms with van der Waals surface area (Å²) in [6, 6.07) is 12.2. The zero-order valence-corrected chi connectivity index (χ0v) is 18.8. The van der Waals surface area contributed by atoms with E-state index in [9.17, 15) is 14.0 Å². The fraction of sp³-hybridized carbons (Fsp3) is 0.217. The van der Waals surface area contributed by atoms with Crippen LogP contribution < -0.4 is 10.1 Å². The molecule has 2 aromatic carbocycles. The van der Waals surface area contributed by atoms with E-state index in [1.807, 2.05) is 0 Å². The van der Waals surface area contributed by atoms with E-state index in [1.165, 1.54) is 36.0 Å². The van der Waals surface area contributed by atoms with Crippen LogP contribution in [0, 0.1) is 5.82 Å². The Morgan fingerprint density at radius 3 is 2.55 bits per heavy atom. The molecule has 0 radical (unpaired) electrons. The number of benzene rings is 2. The maximum atomic E-state index is 13.0. The van der Waals surface area contributed by atoms with Gasteiger partial charge in [-0.15, -0.1) is 16.8 Å². The molecule has 0 saturated carbocycles. The molecule has 3 aromatic rings. The summed E-state index contributed by atoms with van der Waals surface area (Å²) in [6.45, 7) is 6.35. The van der Waals surface area contributed by atoms with Gasteiger partial charge in [0.15, 0.2) is 11.0 Å². The molecule has 1 N–H and O–H groups in total.